The highest BCUT2D eigenvalue weighted by Crippen LogP contribution is 2.31. The van der Waals surface area contributed by atoms with E-state index in [-0.39, 0.29) is 5.91 Å². The molecule has 0 saturated heterocycles. The summed E-state index contributed by atoms with van der Waals surface area (Å²) >= 11 is 0. The predicted molar refractivity (Wildman–Crippen MR) is 91.7 cm³/mol. The molecule has 1 aromatic rings. The molecule has 0 atom stereocenters. The van der Waals surface area contributed by atoms with E-state index in [1.807, 2.05) is 6.92 Å². The van der Waals surface area contributed by atoms with Gasteiger partial charge in [-0.15, -0.1) is 0 Å². The number of hydrogen-bond acceptors (Lipinski definition) is 5. The van der Waals surface area contributed by atoms with E-state index in [1.54, 1.807) is 0 Å². The molecule has 6 nitrogen and oxygen atoms in total. The SMILES string of the molecule is CCc1noc(C2CCC(NCC(=O)NC3CCCCC3)CC2)n1. The van der Waals surface area contributed by atoms with Gasteiger partial charge in [0.2, 0.25) is 11.8 Å². The van der Waals surface area contributed by atoms with Gasteiger partial charge in [-0.2, -0.15) is 4.98 Å². The van der Waals surface area contributed by atoms with Crippen molar-refractivity contribution in [1.29, 1.82) is 0 Å². The summed E-state index contributed by atoms with van der Waals surface area (Å²) in [6.07, 6.45) is 11.1. The van der Waals surface area contributed by atoms with E-state index in [2.05, 4.69) is 20.8 Å². The van der Waals surface area contributed by atoms with Crippen LogP contribution < -0.4 is 10.6 Å². The summed E-state index contributed by atoms with van der Waals surface area (Å²) in [5, 5.41) is 10.6. The van der Waals surface area contributed by atoms with Crippen LogP contribution >= 0.6 is 0 Å². The molecule has 1 amide bonds. The van der Waals surface area contributed by atoms with Gasteiger partial charge in [0.15, 0.2) is 5.82 Å². The Balaban J connectivity index is 1.35. The van der Waals surface area contributed by atoms with Crippen LogP contribution in [-0.4, -0.2) is 34.7 Å². The van der Waals surface area contributed by atoms with E-state index in [1.165, 1.54) is 19.3 Å². The first-order chi connectivity index (χ1) is 11.7. The molecule has 6 heteroatoms. The lowest BCUT2D eigenvalue weighted by Crippen LogP contribution is -2.44. The molecule has 0 aliphatic heterocycles. The van der Waals surface area contributed by atoms with Crippen molar-refractivity contribution in [3.63, 3.8) is 0 Å². The second kappa shape index (κ2) is 8.60. The molecule has 2 aliphatic carbocycles. The lowest BCUT2D eigenvalue weighted by atomic mass is 9.86. The Morgan fingerprint density at radius 1 is 1.08 bits per heavy atom. The van der Waals surface area contributed by atoms with Crippen molar-refractivity contribution in [2.75, 3.05) is 6.54 Å². The molecular formula is C18H30N4O2. The molecule has 0 unspecified atom stereocenters. The fourth-order valence-electron chi connectivity index (χ4n) is 3.88. The summed E-state index contributed by atoms with van der Waals surface area (Å²) in [5.74, 6) is 2.12. The van der Waals surface area contributed by atoms with Crippen LogP contribution in [-0.2, 0) is 11.2 Å². The van der Waals surface area contributed by atoms with Gasteiger partial charge in [-0.1, -0.05) is 31.3 Å². The third-order valence-electron chi connectivity index (χ3n) is 5.40. The number of amides is 1. The minimum Gasteiger partial charge on any atom is -0.352 e. The Kier molecular flexibility index (Phi) is 6.24. The van der Waals surface area contributed by atoms with Gasteiger partial charge in [0.05, 0.1) is 6.54 Å². The molecule has 24 heavy (non-hydrogen) atoms. The maximum absolute atomic E-state index is 12.1. The third kappa shape index (κ3) is 4.79. The van der Waals surface area contributed by atoms with Crippen LogP contribution in [0.3, 0.4) is 0 Å². The molecule has 0 bridgehead atoms. The van der Waals surface area contributed by atoms with Gasteiger partial charge in [-0.05, 0) is 38.5 Å². The van der Waals surface area contributed by atoms with Gasteiger partial charge in [-0.3, -0.25) is 4.79 Å². The number of carbonyl (C=O) groups excluding carboxylic acids is 1. The molecular weight excluding hydrogens is 304 g/mol. The molecule has 0 radical (unpaired) electrons. The fourth-order valence-corrected chi connectivity index (χ4v) is 3.88. The van der Waals surface area contributed by atoms with E-state index >= 15 is 0 Å². The van der Waals surface area contributed by atoms with E-state index in [0.717, 1.165) is 56.7 Å². The second-order valence-corrected chi connectivity index (χ2v) is 7.23. The fraction of sp³-hybridized carbons (Fsp3) is 0.833. The van der Waals surface area contributed by atoms with Crippen molar-refractivity contribution in [3.05, 3.63) is 11.7 Å². The zero-order chi connectivity index (χ0) is 16.8. The quantitative estimate of drug-likeness (QED) is 0.836. The Morgan fingerprint density at radius 2 is 1.83 bits per heavy atom. The highest BCUT2D eigenvalue weighted by Gasteiger charge is 2.26. The first kappa shape index (κ1) is 17.4. The van der Waals surface area contributed by atoms with Gasteiger partial charge < -0.3 is 15.2 Å². The molecule has 2 fully saturated rings. The van der Waals surface area contributed by atoms with Crippen LogP contribution in [0.25, 0.3) is 0 Å². The van der Waals surface area contributed by atoms with Crippen molar-refractivity contribution in [3.8, 4) is 0 Å². The standard InChI is InChI=1S/C18H30N4O2/c1-2-16-21-18(24-22-16)13-8-10-14(11-9-13)19-12-17(23)20-15-6-4-3-5-7-15/h13-15,19H,2-12H2,1H3,(H,20,23). The van der Waals surface area contributed by atoms with Crippen LogP contribution in [0.5, 0.6) is 0 Å². The first-order valence-corrected chi connectivity index (χ1v) is 9.59. The van der Waals surface area contributed by atoms with Gasteiger partial charge in [0, 0.05) is 24.4 Å². The molecule has 134 valence electrons. The lowest BCUT2D eigenvalue weighted by Gasteiger charge is -2.28. The van der Waals surface area contributed by atoms with Crippen LogP contribution in [0, 0.1) is 0 Å². The number of aromatic nitrogens is 2. The van der Waals surface area contributed by atoms with E-state index in [0.29, 0.717) is 24.5 Å². The van der Waals surface area contributed by atoms with Crippen LogP contribution in [0.2, 0.25) is 0 Å². The monoisotopic (exact) mass is 334 g/mol. The number of nitrogens with zero attached hydrogens (tertiary/aromatic N) is 2. The van der Waals surface area contributed by atoms with Crippen LogP contribution in [0.15, 0.2) is 4.52 Å². The zero-order valence-corrected chi connectivity index (χ0v) is 14.7. The lowest BCUT2D eigenvalue weighted by molar-refractivity contribution is -0.121. The van der Waals surface area contributed by atoms with Crippen molar-refractivity contribution >= 4 is 5.91 Å². The van der Waals surface area contributed by atoms with E-state index < -0.39 is 0 Å². The molecule has 1 heterocycles. The molecule has 3 rings (SSSR count). The first-order valence-electron chi connectivity index (χ1n) is 9.59. The third-order valence-corrected chi connectivity index (χ3v) is 5.40. The summed E-state index contributed by atoms with van der Waals surface area (Å²) in [5.41, 5.74) is 0. The normalized spacial score (nSPS) is 25.5. The van der Waals surface area contributed by atoms with Crippen LogP contribution in [0.4, 0.5) is 0 Å². The summed E-state index contributed by atoms with van der Waals surface area (Å²) in [4.78, 5) is 16.5. The average Bonchev–Trinajstić information content (AvgIpc) is 3.10. The predicted octanol–water partition coefficient (Wildman–Crippen LogP) is 2.70. The molecule has 0 spiro atoms. The van der Waals surface area contributed by atoms with E-state index in [9.17, 15) is 4.79 Å². The summed E-state index contributed by atoms with van der Waals surface area (Å²) in [6.45, 7) is 2.47. The molecule has 2 aliphatic rings. The number of carbonyl (C=O) groups is 1. The zero-order valence-electron chi connectivity index (χ0n) is 14.7. The Hall–Kier alpha value is -1.43. The van der Waals surface area contributed by atoms with Crippen LogP contribution in [0.1, 0.15) is 82.3 Å². The summed E-state index contributed by atoms with van der Waals surface area (Å²) in [6, 6.07) is 0.820. The maximum atomic E-state index is 12.1. The van der Waals surface area contributed by atoms with Gasteiger partial charge in [0.1, 0.15) is 0 Å². The highest BCUT2D eigenvalue weighted by atomic mass is 16.5. The average molecular weight is 334 g/mol. The number of rotatable bonds is 6. The maximum Gasteiger partial charge on any atom is 0.234 e. The number of nitrogens with one attached hydrogen (secondary N) is 2. The van der Waals surface area contributed by atoms with E-state index in [4.69, 9.17) is 4.52 Å². The number of hydrogen-bond donors (Lipinski definition) is 2. The van der Waals surface area contributed by atoms with Crippen molar-refractivity contribution in [1.82, 2.24) is 20.8 Å². The Morgan fingerprint density at radius 3 is 2.50 bits per heavy atom. The molecule has 2 saturated carbocycles. The Bertz CT molecular complexity index is 517. The number of aryl methyl sites for hydroxylation is 1. The van der Waals surface area contributed by atoms with Gasteiger partial charge in [-0.25, -0.2) is 0 Å². The second-order valence-electron chi connectivity index (χ2n) is 7.23. The highest BCUT2D eigenvalue weighted by molar-refractivity contribution is 5.78. The topological polar surface area (TPSA) is 80.0 Å². The molecule has 0 aromatic carbocycles. The van der Waals surface area contributed by atoms with Crippen molar-refractivity contribution in [2.24, 2.45) is 0 Å². The molecule has 1 aromatic heterocycles. The van der Waals surface area contributed by atoms with Crippen molar-refractivity contribution < 1.29 is 9.32 Å². The minimum absolute atomic E-state index is 0.147. The smallest absolute Gasteiger partial charge is 0.234 e. The summed E-state index contributed by atoms with van der Waals surface area (Å²) in [7, 11) is 0. The van der Waals surface area contributed by atoms with Gasteiger partial charge in [0.25, 0.3) is 0 Å². The molecule has 2 N–H and O–H groups in total. The largest absolute Gasteiger partial charge is 0.352 e. The van der Waals surface area contributed by atoms with Crippen molar-refractivity contribution in [2.45, 2.75) is 89.1 Å². The summed E-state index contributed by atoms with van der Waals surface area (Å²) < 4.78 is 5.37. The van der Waals surface area contributed by atoms with Gasteiger partial charge >= 0.3 is 0 Å². The minimum atomic E-state index is 0.147. The Labute approximate surface area is 144 Å².